The summed E-state index contributed by atoms with van der Waals surface area (Å²) in [4.78, 5) is 0. The number of unbranched alkanes of at least 4 members (excludes halogenated alkanes) is 14. The first-order valence-corrected chi connectivity index (χ1v) is 19.0. The number of nitrogens with zero attached hydrogens (tertiary/aromatic N) is 4. The number of rotatable bonds is 22. The quantitative estimate of drug-likeness (QED) is 0.0877. The van der Waals surface area contributed by atoms with Gasteiger partial charge < -0.3 is 20.9 Å². The molecule has 0 radical (unpaired) electrons. The SMILES string of the molecule is CCCCCCCCCCc1c[c-]c(N2CCC(C(C)(C)C3CCN(c4[c-]cc(CCCCCCCCCC)cc4)[N-]3)[N-]2)cc1.[Pt+4]. The van der Waals surface area contributed by atoms with Crippen molar-refractivity contribution >= 4 is 11.4 Å². The van der Waals surface area contributed by atoms with Gasteiger partial charge in [0.25, 0.3) is 0 Å². The molecule has 2 unspecified atom stereocenters. The van der Waals surface area contributed by atoms with Crippen LogP contribution in [0.25, 0.3) is 10.9 Å². The molecule has 2 aromatic carbocycles. The number of hydrogen-bond acceptors (Lipinski definition) is 2. The minimum absolute atomic E-state index is 0. The molecule has 0 aromatic heterocycles. The molecule has 2 atom stereocenters. The van der Waals surface area contributed by atoms with Crippen LogP contribution >= 0.6 is 0 Å². The van der Waals surface area contributed by atoms with Gasteiger partial charge in [-0.05, 0) is 13.1 Å². The Kier molecular flexibility index (Phi) is 18.3. The summed E-state index contributed by atoms with van der Waals surface area (Å²) in [5.74, 6) is 0. The van der Waals surface area contributed by atoms with E-state index in [4.69, 9.17) is 10.9 Å². The minimum Gasteiger partial charge on any atom is -0.567 e. The van der Waals surface area contributed by atoms with Gasteiger partial charge in [-0.15, -0.1) is 24.2 Å². The van der Waals surface area contributed by atoms with Gasteiger partial charge in [-0.1, -0.05) is 173 Å². The first-order valence-electron chi connectivity index (χ1n) is 19.0. The van der Waals surface area contributed by atoms with E-state index in [0.29, 0.717) is 0 Å². The summed E-state index contributed by atoms with van der Waals surface area (Å²) < 4.78 is 0. The second kappa shape index (κ2) is 21.6. The number of aryl methyl sites for hydroxylation is 2. The van der Waals surface area contributed by atoms with E-state index in [2.05, 4.69) is 86.2 Å². The van der Waals surface area contributed by atoms with E-state index in [9.17, 15) is 0 Å². The van der Waals surface area contributed by atoms with E-state index in [1.807, 2.05) is 0 Å². The Morgan fingerprint density at radius 2 is 0.957 bits per heavy atom. The maximum atomic E-state index is 5.21. The predicted molar refractivity (Wildman–Crippen MR) is 195 cm³/mol. The zero-order valence-electron chi connectivity index (χ0n) is 29.8. The summed E-state index contributed by atoms with van der Waals surface area (Å²) in [5.41, 5.74) is 15.5. The summed E-state index contributed by atoms with van der Waals surface area (Å²) in [5, 5.41) is 4.39. The van der Waals surface area contributed by atoms with Crippen LogP contribution in [0.5, 0.6) is 0 Å². The Morgan fingerprint density at radius 3 is 1.30 bits per heavy atom. The number of anilines is 2. The Balaban J connectivity index is 0.00000576. The van der Waals surface area contributed by atoms with Crippen molar-refractivity contribution in [3.8, 4) is 0 Å². The zero-order valence-corrected chi connectivity index (χ0v) is 32.1. The number of benzene rings is 2. The molecule has 4 rings (SSSR count). The molecule has 0 saturated carbocycles. The molecule has 5 heteroatoms. The molecule has 4 nitrogen and oxygen atoms in total. The molecule has 0 aliphatic carbocycles. The fourth-order valence-electron chi connectivity index (χ4n) is 7.14. The number of hydrogen-bond donors (Lipinski definition) is 0. The van der Waals surface area contributed by atoms with E-state index in [0.717, 1.165) is 50.1 Å². The van der Waals surface area contributed by atoms with Crippen LogP contribution in [0.15, 0.2) is 36.4 Å². The molecule has 2 fully saturated rings. The van der Waals surface area contributed by atoms with E-state index >= 15 is 0 Å². The molecule has 0 spiro atoms. The Labute approximate surface area is 298 Å². The summed E-state index contributed by atoms with van der Waals surface area (Å²) in [6, 6.07) is 21.1. The van der Waals surface area contributed by atoms with Crippen molar-refractivity contribution < 1.29 is 21.1 Å². The van der Waals surface area contributed by atoms with Gasteiger partial charge >= 0.3 is 21.1 Å². The maximum absolute atomic E-state index is 5.21. The van der Waals surface area contributed by atoms with Crippen LogP contribution in [0.2, 0.25) is 0 Å². The van der Waals surface area contributed by atoms with Crippen molar-refractivity contribution in [3.63, 3.8) is 0 Å². The first kappa shape index (κ1) is 39.1. The zero-order chi connectivity index (χ0) is 31.7. The fraction of sp³-hybridized carbons (Fsp3) is 0.707. The smallest absolute Gasteiger partial charge is 0.567 e. The van der Waals surface area contributed by atoms with Crippen LogP contribution in [0.1, 0.15) is 154 Å². The molecule has 0 N–H and O–H groups in total. The van der Waals surface area contributed by atoms with E-state index in [1.165, 1.54) is 114 Å². The molecule has 0 amide bonds. The van der Waals surface area contributed by atoms with Crippen LogP contribution in [0.3, 0.4) is 0 Å². The van der Waals surface area contributed by atoms with Gasteiger partial charge in [0.05, 0.1) is 0 Å². The standard InChI is InChI=1S/C41H64N4.Pt/c1-5-7-9-11-13-15-17-19-21-35-23-27-37(28-24-35)44-33-31-39(42-44)41(3,4)40-32-34-45(43-40)38-29-25-36(26-30-38)22-20-18-16-14-12-10-8-6-2;/h23-27,29,39-40H,5-22,31-34H2,1-4H3;/q-4;+4. The van der Waals surface area contributed by atoms with Gasteiger partial charge in [0.1, 0.15) is 0 Å². The van der Waals surface area contributed by atoms with Crippen LogP contribution < -0.4 is 10.0 Å². The van der Waals surface area contributed by atoms with Crippen molar-refractivity contribution in [1.82, 2.24) is 0 Å². The molecule has 46 heavy (non-hydrogen) atoms. The van der Waals surface area contributed by atoms with Crippen LogP contribution in [0.4, 0.5) is 11.4 Å². The Bertz CT molecular complexity index is 970. The van der Waals surface area contributed by atoms with Gasteiger partial charge in [-0.3, -0.25) is 0 Å². The van der Waals surface area contributed by atoms with Crippen molar-refractivity contribution in [1.29, 1.82) is 0 Å². The Morgan fingerprint density at radius 1 is 0.587 bits per heavy atom. The van der Waals surface area contributed by atoms with E-state index in [1.54, 1.807) is 0 Å². The van der Waals surface area contributed by atoms with Crippen LogP contribution in [0, 0.1) is 17.5 Å². The summed E-state index contributed by atoms with van der Waals surface area (Å²) >= 11 is 0. The topological polar surface area (TPSA) is 34.7 Å². The predicted octanol–water partition coefficient (Wildman–Crippen LogP) is 12.1. The van der Waals surface area contributed by atoms with Gasteiger partial charge in [-0.2, -0.15) is 47.5 Å². The molecule has 2 aromatic rings. The molecular weight excluding hydrogens is 744 g/mol. The van der Waals surface area contributed by atoms with Gasteiger partial charge in [0.15, 0.2) is 0 Å². The van der Waals surface area contributed by atoms with E-state index < -0.39 is 0 Å². The normalized spacial score (nSPS) is 18.3. The van der Waals surface area contributed by atoms with Crippen molar-refractivity contribution in [2.75, 3.05) is 23.1 Å². The third kappa shape index (κ3) is 12.6. The minimum atomic E-state index is 0. The second-order valence-electron chi connectivity index (χ2n) is 14.5. The Hall–Kier alpha value is -1.35. The van der Waals surface area contributed by atoms with Crippen LogP contribution in [-0.4, -0.2) is 25.2 Å². The fourth-order valence-corrected chi connectivity index (χ4v) is 7.14. The summed E-state index contributed by atoms with van der Waals surface area (Å²) in [6.45, 7) is 11.2. The van der Waals surface area contributed by atoms with Gasteiger partial charge in [0.2, 0.25) is 0 Å². The summed E-state index contributed by atoms with van der Waals surface area (Å²) in [7, 11) is 0. The average Bonchev–Trinajstić information content (AvgIpc) is 3.76. The van der Waals surface area contributed by atoms with Crippen molar-refractivity contribution in [3.05, 3.63) is 70.5 Å². The van der Waals surface area contributed by atoms with E-state index in [-0.39, 0.29) is 38.6 Å². The molecule has 2 aliphatic heterocycles. The average molecular weight is 808 g/mol. The largest absolute Gasteiger partial charge is 4.00 e. The third-order valence-corrected chi connectivity index (χ3v) is 10.4. The molecular formula is C41H64N4Pt. The second-order valence-corrected chi connectivity index (χ2v) is 14.5. The maximum Gasteiger partial charge on any atom is 4.00 e. The first-order chi connectivity index (χ1) is 22.0. The molecule has 258 valence electrons. The molecule has 2 aliphatic rings. The van der Waals surface area contributed by atoms with Crippen molar-refractivity contribution in [2.45, 2.75) is 168 Å². The van der Waals surface area contributed by atoms with Crippen LogP contribution in [-0.2, 0) is 33.9 Å². The van der Waals surface area contributed by atoms with Gasteiger partial charge in [0, 0.05) is 0 Å². The molecule has 0 bridgehead atoms. The monoisotopic (exact) mass is 807 g/mol. The third-order valence-electron chi connectivity index (χ3n) is 10.4. The summed E-state index contributed by atoms with van der Waals surface area (Å²) in [6.07, 6.45) is 26.4. The van der Waals surface area contributed by atoms with Gasteiger partial charge in [-0.25, -0.2) is 0 Å². The van der Waals surface area contributed by atoms with Crippen molar-refractivity contribution in [2.24, 2.45) is 5.41 Å². The molecule has 2 saturated heterocycles. The molecule has 2 heterocycles.